The van der Waals surface area contributed by atoms with Gasteiger partial charge in [0, 0.05) is 12.1 Å². The highest BCUT2D eigenvalue weighted by atomic mass is 32.2. The Morgan fingerprint density at radius 1 is 1.10 bits per heavy atom. The lowest BCUT2D eigenvalue weighted by atomic mass is 10.3. The highest BCUT2D eigenvalue weighted by molar-refractivity contribution is 7.92. The summed E-state index contributed by atoms with van der Waals surface area (Å²) >= 11 is 0. The molecule has 0 aromatic heterocycles. The van der Waals surface area contributed by atoms with E-state index in [0.717, 1.165) is 30.3 Å². The molecule has 0 radical (unpaired) electrons. The minimum absolute atomic E-state index is 0.0725. The molecule has 0 atom stereocenters. The average molecular weight is 296 g/mol. The number of hydrogen-bond acceptors (Lipinski definition) is 4. The van der Waals surface area contributed by atoms with Gasteiger partial charge >= 0.3 is 0 Å². The first kappa shape index (κ1) is 13.9. The number of benzene rings is 2. The monoisotopic (exact) mass is 296 g/mol. The predicted molar refractivity (Wildman–Crippen MR) is 70.3 cm³/mol. The zero-order chi connectivity index (χ0) is 14.8. The molecule has 6 nitrogen and oxygen atoms in total. The van der Waals surface area contributed by atoms with E-state index in [1.54, 1.807) is 0 Å². The molecular formula is C12H9FN2O4S. The first-order chi connectivity index (χ1) is 9.38. The van der Waals surface area contributed by atoms with Gasteiger partial charge in [-0.05, 0) is 30.3 Å². The van der Waals surface area contributed by atoms with E-state index in [4.69, 9.17) is 0 Å². The second-order valence-corrected chi connectivity index (χ2v) is 5.55. The molecule has 0 fully saturated rings. The van der Waals surface area contributed by atoms with Crippen molar-refractivity contribution in [3.63, 3.8) is 0 Å². The van der Waals surface area contributed by atoms with E-state index in [1.165, 1.54) is 18.2 Å². The fourth-order valence-electron chi connectivity index (χ4n) is 1.51. The number of rotatable bonds is 4. The van der Waals surface area contributed by atoms with Gasteiger partial charge < -0.3 is 0 Å². The summed E-state index contributed by atoms with van der Waals surface area (Å²) in [5.74, 6) is -0.575. The number of hydrogen-bond donors (Lipinski definition) is 1. The van der Waals surface area contributed by atoms with Gasteiger partial charge in [0.15, 0.2) is 0 Å². The number of anilines is 1. The van der Waals surface area contributed by atoms with Crippen molar-refractivity contribution in [2.45, 2.75) is 4.90 Å². The van der Waals surface area contributed by atoms with Crippen molar-refractivity contribution in [3.8, 4) is 0 Å². The maximum atomic E-state index is 13.0. The number of nitrogens with zero attached hydrogens (tertiary/aromatic N) is 1. The van der Waals surface area contributed by atoms with E-state index in [0.29, 0.717) is 0 Å². The van der Waals surface area contributed by atoms with Gasteiger partial charge in [-0.15, -0.1) is 0 Å². The van der Waals surface area contributed by atoms with Gasteiger partial charge in [0.25, 0.3) is 15.7 Å². The molecule has 2 rings (SSSR count). The number of non-ortho nitro benzene ring substituents is 1. The molecule has 8 heteroatoms. The van der Waals surface area contributed by atoms with Gasteiger partial charge in [-0.1, -0.05) is 6.07 Å². The average Bonchev–Trinajstić information content (AvgIpc) is 2.38. The van der Waals surface area contributed by atoms with Crippen molar-refractivity contribution in [2.75, 3.05) is 4.72 Å². The van der Waals surface area contributed by atoms with Crippen molar-refractivity contribution >= 4 is 21.4 Å². The van der Waals surface area contributed by atoms with Crippen molar-refractivity contribution in [1.29, 1.82) is 0 Å². The Bertz CT molecular complexity index is 744. The molecular weight excluding hydrogens is 287 g/mol. The lowest BCUT2D eigenvalue weighted by Crippen LogP contribution is -2.13. The van der Waals surface area contributed by atoms with Crippen LogP contribution in [0.5, 0.6) is 0 Å². The molecule has 0 aliphatic rings. The maximum Gasteiger partial charge on any atom is 0.269 e. The largest absolute Gasteiger partial charge is 0.280 e. The van der Waals surface area contributed by atoms with Crippen LogP contribution in [-0.4, -0.2) is 13.3 Å². The molecule has 104 valence electrons. The van der Waals surface area contributed by atoms with E-state index >= 15 is 0 Å². The summed E-state index contributed by atoms with van der Waals surface area (Å²) in [6.45, 7) is 0. The summed E-state index contributed by atoms with van der Waals surface area (Å²) in [5.41, 5.74) is -0.141. The third kappa shape index (κ3) is 3.09. The number of halogens is 1. The highest BCUT2D eigenvalue weighted by Gasteiger charge is 2.16. The Morgan fingerprint density at radius 3 is 2.30 bits per heavy atom. The molecule has 2 aromatic rings. The van der Waals surface area contributed by atoms with Crippen molar-refractivity contribution in [2.24, 2.45) is 0 Å². The Balaban J connectivity index is 2.28. The Labute approximate surface area is 114 Å². The van der Waals surface area contributed by atoms with Crippen LogP contribution >= 0.6 is 0 Å². The molecule has 0 saturated carbocycles. The highest BCUT2D eigenvalue weighted by Crippen LogP contribution is 2.19. The van der Waals surface area contributed by atoms with E-state index in [2.05, 4.69) is 4.72 Å². The lowest BCUT2D eigenvalue weighted by molar-refractivity contribution is -0.384. The Morgan fingerprint density at radius 2 is 1.75 bits per heavy atom. The predicted octanol–water partition coefficient (Wildman–Crippen LogP) is 2.53. The number of sulfonamides is 1. The molecule has 20 heavy (non-hydrogen) atoms. The fourth-order valence-corrected chi connectivity index (χ4v) is 2.56. The van der Waals surface area contributed by atoms with Crippen LogP contribution < -0.4 is 4.72 Å². The molecule has 0 heterocycles. The van der Waals surface area contributed by atoms with Gasteiger partial charge in [-0.2, -0.15) is 0 Å². The molecule has 2 aromatic carbocycles. The third-order valence-electron chi connectivity index (χ3n) is 2.43. The van der Waals surface area contributed by atoms with E-state index in [-0.39, 0.29) is 16.3 Å². The quantitative estimate of drug-likeness (QED) is 0.693. The summed E-state index contributed by atoms with van der Waals surface area (Å²) in [5, 5.41) is 10.5. The first-order valence-corrected chi connectivity index (χ1v) is 6.90. The van der Waals surface area contributed by atoms with Gasteiger partial charge in [0.1, 0.15) is 5.82 Å². The summed E-state index contributed by atoms with van der Waals surface area (Å²) in [7, 11) is -3.91. The van der Waals surface area contributed by atoms with Gasteiger partial charge in [0.05, 0.1) is 15.5 Å². The topological polar surface area (TPSA) is 89.3 Å². The third-order valence-corrected chi connectivity index (χ3v) is 3.83. The summed E-state index contributed by atoms with van der Waals surface area (Å²) in [4.78, 5) is 9.71. The molecule has 0 spiro atoms. The van der Waals surface area contributed by atoms with E-state index in [1.807, 2.05) is 0 Å². The SMILES string of the molecule is O=[N+]([O-])c1ccc(S(=O)(=O)Nc2cccc(F)c2)cc1. The fraction of sp³-hybridized carbons (Fsp3) is 0. The molecule has 0 bridgehead atoms. The minimum Gasteiger partial charge on any atom is -0.280 e. The second-order valence-electron chi connectivity index (χ2n) is 3.87. The van der Waals surface area contributed by atoms with Crippen LogP contribution in [0.1, 0.15) is 0 Å². The van der Waals surface area contributed by atoms with Crippen molar-refractivity contribution in [3.05, 3.63) is 64.5 Å². The number of nitro benzene ring substituents is 1. The first-order valence-electron chi connectivity index (χ1n) is 5.41. The summed E-state index contributed by atoms with van der Waals surface area (Å²) in [6.07, 6.45) is 0. The molecule has 0 aliphatic carbocycles. The van der Waals surface area contributed by atoms with Crippen LogP contribution in [0, 0.1) is 15.9 Å². The van der Waals surface area contributed by atoms with Gasteiger partial charge in [0.2, 0.25) is 0 Å². The molecule has 0 saturated heterocycles. The van der Waals surface area contributed by atoms with E-state index < -0.39 is 20.8 Å². The van der Waals surface area contributed by atoms with Gasteiger partial charge in [-0.25, -0.2) is 12.8 Å². The molecule has 0 amide bonds. The number of nitrogens with one attached hydrogen (secondary N) is 1. The Kier molecular flexibility index (Phi) is 3.66. The normalized spacial score (nSPS) is 11.1. The molecule has 0 aliphatic heterocycles. The van der Waals surface area contributed by atoms with Crippen LogP contribution in [0.2, 0.25) is 0 Å². The smallest absolute Gasteiger partial charge is 0.269 e. The number of nitro groups is 1. The van der Waals surface area contributed by atoms with Crippen LogP contribution in [0.15, 0.2) is 53.4 Å². The molecule has 0 unspecified atom stereocenters. The maximum absolute atomic E-state index is 13.0. The second kappa shape index (κ2) is 5.25. The molecule has 1 N–H and O–H groups in total. The van der Waals surface area contributed by atoms with Gasteiger partial charge in [-0.3, -0.25) is 14.8 Å². The van der Waals surface area contributed by atoms with Crippen molar-refractivity contribution < 1.29 is 17.7 Å². The zero-order valence-corrected chi connectivity index (χ0v) is 10.8. The summed E-state index contributed by atoms with van der Waals surface area (Å²) < 4.78 is 39.1. The van der Waals surface area contributed by atoms with Crippen LogP contribution in [-0.2, 0) is 10.0 Å². The van der Waals surface area contributed by atoms with Crippen molar-refractivity contribution in [1.82, 2.24) is 0 Å². The van der Waals surface area contributed by atoms with Crippen LogP contribution in [0.4, 0.5) is 15.8 Å². The zero-order valence-electron chi connectivity index (χ0n) is 9.99. The minimum atomic E-state index is -3.91. The van der Waals surface area contributed by atoms with E-state index in [9.17, 15) is 22.9 Å². The Hall–Kier alpha value is -2.48. The summed E-state index contributed by atoms with van der Waals surface area (Å²) in [6, 6.07) is 9.36. The standard InChI is InChI=1S/C12H9FN2O4S/c13-9-2-1-3-10(8-9)14-20(18,19)12-6-4-11(5-7-12)15(16)17/h1-8,14H. The van der Waals surface area contributed by atoms with Crippen LogP contribution in [0.3, 0.4) is 0 Å². The lowest BCUT2D eigenvalue weighted by Gasteiger charge is -2.07. The van der Waals surface area contributed by atoms with Crippen LogP contribution in [0.25, 0.3) is 0 Å².